The van der Waals surface area contributed by atoms with Crippen LogP contribution in [0, 0.1) is 5.82 Å². The average Bonchev–Trinajstić information content (AvgIpc) is 2.89. The second kappa shape index (κ2) is 5.39. The fourth-order valence-electron chi connectivity index (χ4n) is 1.47. The molecular weight excluding hydrogens is 289 g/mol. The number of carboxylic acids is 1. The molecule has 0 amide bonds. The van der Waals surface area contributed by atoms with Crippen molar-refractivity contribution in [1.29, 1.82) is 0 Å². The molecule has 0 saturated carbocycles. The summed E-state index contributed by atoms with van der Waals surface area (Å²) in [6.07, 6.45) is 2.83. The number of carbonyl (C=O) groups is 1. The third kappa shape index (κ3) is 3.00. The van der Waals surface area contributed by atoms with E-state index in [1.807, 2.05) is 0 Å². The molecule has 0 radical (unpaired) electrons. The molecule has 0 saturated heterocycles. The lowest BCUT2D eigenvalue weighted by Gasteiger charge is -2.07. The van der Waals surface area contributed by atoms with Crippen LogP contribution in [0.1, 0.15) is 16.1 Å². The van der Waals surface area contributed by atoms with E-state index < -0.39 is 27.4 Å². The Bertz CT molecular complexity index is 728. The van der Waals surface area contributed by atoms with Gasteiger partial charge in [0.05, 0.1) is 23.3 Å². The molecule has 0 spiro atoms. The highest BCUT2D eigenvalue weighted by molar-refractivity contribution is 7.89. The highest BCUT2D eigenvalue weighted by Crippen LogP contribution is 2.15. The van der Waals surface area contributed by atoms with E-state index in [0.29, 0.717) is 5.69 Å². The molecule has 1 aromatic heterocycles. The quantitative estimate of drug-likeness (QED) is 0.753. The minimum Gasteiger partial charge on any atom is -0.478 e. The van der Waals surface area contributed by atoms with E-state index >= 15 is 0 Å². The zero-order valence-corrected chi connectivity index (χ0v) is 10.8. The largest absolute Gasteiger partial charge is 0.478 e. The first-order valence-corrected chi connectivity index (χ1v) is 6.88. The van der Waals surface area contributed by atoms with E-state index in [1.54, 1.807) is 0 Å². The van der Waals surface area contributed by atoms with Crippen molar-refractivity contribution in [2.75, 3.05) is 0 Å². The number of nitrogens with one attached hydrogen (secondary N) is 2. The Balaban J connectivity index is 2.25. The second-order valence-electron chi connectivity index (χ2n) is 3.85. The van der Waals surface area contributed by atoms with Crippen LogP contribution in [0.2, 0.25) is 0 Å². The van der Waals surface area contributed by atoms with Gasteiger partial charge >= 0.3 is 5.97 Å². The van der Waals surface area contributed by atoms with Gasteiger partial charge in [0.1, 0.15) is 5.82 Å². The van der Waals surface area contributed by atoms with Crippen LogP contribution in [-0.2, 0) is 16.6 Å². The Labute approximate surface area is 113 Å². The molecule has 7 nitrogen and oxygen atoms in total. The number of rotatable bonds is 5. The van der Waals surface area contributed by atoms with Crippen molar-refractivity contribution in [3.63, 3.8) is 0 Å². The summed E-state index contributed by atoms with van der Waals surface area (Å²) < 4.78 is 39.4. The van der Waals surface area contributed by atoms with E-state index in [-0.39, 0.29) is 11.4 Å². The third-order valence-corrected chi connectivity index (χ3v) is 3.88. The van der Waals surface area contributed by atoms with Crippen LogP contribution in [0.25, 0.3) is 0 Å². The summed E-state index contributed by atoms with van der Waals surface area (Å²) in [7, 11) is -3.94. The van der Waals surface area contributed by atoms with Crippen molar-refractivity contribution in [3.05, 3.63) is 47.8 Å². The first kappa shape index (κ1) is 14.2. The van der Waals surface area contributed by atoms with Gasteiger partial charge in [0.25, 0.3) is 0 Å². The first-order valence-electron chi connectivity index (χ1n) is 5.40. The van der Waals surface area contributed by atoms with Gasteiger partial charge in [0.15, 0.2) is 0 Å². The van der Waals surface area contributed by atoms with Crippen LogP contribution in [-0.4, -0.2) is 29.5 Å². The predicted molar refractivity (Wildman–Crippen MR) is 66.0 cm³/mol. The van der Waals surface area contributed by atoms with Gasteiger partial charge in [-0.2, -0.15) is 0 Å². The maximum atomic E-state index is 13.2. The fourth-order valence-corrected chi connectivity index (χ4v) is 2.51. The number of sulfonamides is 1. The van der Waals surface area contributed by atoms with E-state index in [9.17, 15) is 17.6 Å². The van der Waals surface area contributed by atoms with E-state index in [4.69, 9.17) is 5.11 Å². The van der Waals surface area contributed by atoms with E-state index in [2.05, 4.69) is 14.7 Å². The topological polar surface area (TPSA) is 112 Å². The fraction of sp³-hybridized carbons (Fsp3) is 0.0909. The normalized spacial score (nSPS) is 11.4. The lowest BCUT2D eigenvalue weighted by atomic mass is 10.2. The predicted octanol–water partition coefficient (Wildman–Crippen LogP) is 0.725. The number of hydrogen-bond acceptors (Lipinski definition) is 4. The molecule has 106 valence electrons. The highest BCUT2D eigenvalue weighted by atomic mass is 32.2. The lowest BCUT2D eigenvalue weighted by molar-refractivity contribution is 0.0691. The molecule has 3 N–H and O–H groups in total. The Morgan fingerprint density at radius 3 is 2.80 bits per heavy atom. The molecule has 0 unspecified atom stereocenters. The molecule has 9 heteroatoms. The van der Waals surface area contributed by atoms with Crippen LogP contribution in [0.4, 0.5) is 4.39 Å². The van der Waals surface area contributed by atoms with Gasteiger partial charge in [-0.3, -0.25) is 0 Å². The molecule has 2 aromatic rings. The summed E-state index contributed by atoms with van der Waals surface area (Å²) in [5.41, 5.74) is -0.163. The Kier molecular flexibility index (Phi) is 3.81. The van der Waals surface area contributed by atoms with Gasteiger partial charge in [0.2, 0.25) is 10.0 Å². The Hall–Kier alpha value is -2.26. The van der Waals surface area contributed by atoms with Crippen LogP contribution in [0.15, 0.2) is 35.6 Å². The number of benzene rings is 1. The summed E-state index contributed by atoms with van der Waals surface area (Å²) >= 11 is 0. The van der Waals surface area contributed by atoms with Crippen molar-refractivity contribution in [2.45, 2.75) is 11.4 Å². The molecule has 0 aliphatic rings. The number of aromatic amines is 1. The number of hydrogen-bond donors (Lipinski definition) is 3. The van der Waals surface area contributed by atoms with Crippen LogP contribution in [0.5, 0.6) is 0 Å². The molecule has 0 atom stereocenters. The van der Waals surface area contributed by atoms with Crippen LogP contribution < -0.4 is 4.72 Å². The van der Waals surface area contributed by atoms with E-state index in [0.717, 1.165) is 18.2 Å². The van der Waals surface area contributed by atoms with Crippen LogP contribution >= 0.6 is 0 Å². The molecule has 2 rings (SSSR count). The minimum atomic E-state index is -3.94. The van der Waals surface area contributed by atoms with Crippen LogP contribution in [0.3, 0.4) is 0 Å². The Morgan fingerprint density at radius 1 is 1.45 bits per heavy atom. The maximum Gasteiger partial charge on any atom is 0.338 e. The molecule has 0 aliphatic heterocycles. The van der Waals surface area contributed by atoms with Crippen molar-refractivity contribution >= 4 is 16.0 Å². The molecule has 0 fully saturated rings. The molecular formula is C11H10FN3O4S. The number of halogens is 1. The van der Waals surface area contributed by atoms with Gasteiger partial charge in [0, 0.05) is 11.9 Å². The molecule has 1 aromatic carbocycles. The Morgan fingerprint density at radius 2 is 2.20 bits per heavy atom. The van der Waals surface area contributed by atoms with Gasteiger partial charge in [-0.15, -0.1) is 0 Å². The molecule has 0 bridgehead atoms. The standard InChI is InChI=1S/C11H10FN3O4S/c12-10-2-1-8(3-9(10)11(16)17)20(18,19)15-5-7-4-13-6-14-7/h1-4,6,15H,5H2,(H,13,14)(H,16,17). The van der Waals surface area contributed by atoms with Gasteiger partial charge in [-0.05, 0) is 18.2 Å². The smallest absolute Gasteiger partial charge is 0.338 e. The van der Waals surface area contributed by atoms with Gasteiger partial charge < -0.3 is 10.1 Å². The average molecular weight is 299 g/mol. The number of H-pyrrole nitrogens is 1. The van der Waals surface area contributed by atoms with Crippen molar-refractivity contribution in [1.82, 2.24) is 14.7 Å². The summed E-state index contributed by atoms with van der Waals surface area (Å²) in [5.74, 6) is -2.53. The van der Waals surface area contributed by atoms with Gasteiger partial charge in [-0.25, -0.2) is 27.3 Å². The number of aromatic carboxylic acids is 1. The summed E-state index contributed by atoms with van der Waals surface area (Å²) in [5, 5.41) is 8.77. The maximum absolute atomic E-state index is 13.2. The molecule has 0 aliphatic carbocycles. The second-order valence-corrected chi connectivity index (χ2v) is 5.62. The van der Waals surface area contributed by atoms with Crippen molar-refractivity contribution in [2.24, 2.45) is 0 Å². The summed E-state index contributed by atoms with van der Waals surface area (Å²) in [6.45, 7) is -0.0396. The highest BCUT2D eigenvalue weighted by Gasteiger charge is 2.19. The van der Waals surface area contributed by atoms with Crippen molar-refractivity contribution < 1.29 is 22.7 Å². The number of imidazole rings is 1. The van der Waals surface area contributed by atoms with Gasteiger partial charge in [-0.1, -0.05) is 0 Å². The zero-order valence-electron chi connectivity index (χ0n) is 10.00. The SMILES string of the molecule is O=C(O)c1cc(S(=O)(=O)NCc2cnc[nH]2)ccc1F. The summed E-state index contributed by atoms with van der Waals surface area (Å²) in [4.78, 5) is 16.9. The summed E-state index contributed by atoms with van der Waals surface area (Å²) in [6, 6.07) is 2.57. The molecule has 20 heavy (non-hydrogen) atoms. The lowest BCUT2D eigenvalue weighted by Crippen LogP contribution is -2.23. The monoisotopic (exact) mass is 299 g/mol. The number of nitrogens with zero attached hydrogens (tertiary/aromatic N) is 1. The molecule has 1 heterocycles. The zero-order chi connectivity index (χ0) is 14.8. The number of carboxylic acid groups (broad SMARTS) is 1. The third-order valence-electron chi connectivity index (χ3n) is 2.49. The van der Waals surface area contributed by atoms with E-state index in [1.165, 1.54) is 12.5 Å². The van der Waals surface area contributed by atoms with Crippen molar-refractivity contribution in [3.8, 4) is 0 Å². The first-order chi connectivity index (χ1) is 9.40. The minimum absolute atomic E-state index is 0.0396. The number of aromatic nitrogens is 2.